The summed E-state index contributed by atoms with van der Waals surface area (Å²) in [6.45, 7) is 0.613. The third-order valence-corrected chi connectivity index (χ3v) is 4.93. The Morgan fingerprint density at radius 2 is 2.36 bits per heavy atom. The van der Waals surface area contributed by atoms with Gasteiger partial charge in [-0.2, -0.15) is 11.8 Å². The van der Waals surface area contributed by atoms with Crippen molar-refractivity contribution in [3.63, 3.8) is 0 Å². The molecule has 1 unspecified atom stereocenters. The molecule has 6 nitrogen and oxygen atoms in total. The molecule has 7 heteroatoms. The van der Waals surface area contributed by atoms with Crippen molar-refractivity contribution in [2.24, 2.45) is 0 Å². The van der Waals surface area contributed by atoms with E-state index in [1.807, 2.05) is 12.1 Å². The number of hydrogen-bond acceptors (Lipinski definition) is 4. The predicted molar refractivity (Wildman–Crippen MR) is 84.9 cm³/mol. The lowest BCUT2D eigenvalue weighted by Crippen LogP contribution is -2.47. The summed E-state index contributed by atoms with van der Waals surface area (Å²) in [5, 5.41) is 9.94. The molecule has 0 aromatic carbocycles. The number of H-pyrrole nitrogens is 1. The van der Waals surface area contributed by atoms with Crippen LogP contribution >= 0.6 is 11.8 Å². The minimum absolute atomic E-state index is 0.00812. The number of carboxylic acids is 1. The van der Waals surface area contributed by atoms with Crippen LogP contribution in [0.4, 0.5) is 0 Å². The number of carbonyl (C=O) groups is 2. The Labute approximate surface area is 131 Å². The van der Waals surface area contributed by atoms with Crippen LogP contribution in [0.3, 0.4) is 0 Å². The molecule has 22 heavy (non-hydrogen) atoms. The average Bonchev–Trinajstić information content (AvgIpc) is 2.90. The summed E-state index contributed by atoms with van der Waals surface area (Å²) in [5.41, 5.74) is 1.67. The first-order valence-corrected chi connectivity index (χ1v) is 8.30. The van der Waals surface area contributed by atoms with Gasteiger partial charge < -0.3 is 15.0 Å². The minimum Gasteiger partial charge on any atom is -0.481 e. The van der Waals surface area contributed by atoms with Gasteiger partial charge in [0.15, 0.2) is 0 Å². The Bertz CT molecular complexity index is 700. The van der Waals surface area contributed by atoms with Gasteiger partial charge in [-0.1, -0.05) is 0 Å². The molecule has 1 aliphatic rings. The number of hydrogen-bond donors (Lipinski definition) is 2. The SMILES string of the molecule is O=C(O)CC1CSCCN1C(=O)Cc1c[nH]c2ncccc12. The number of aliphatic carboxylic acids is 1. The number of rotatable bonds is 4. The molecular formula is C15H17N3O3S. The van der Waals surface area contributed by atoms with E-state index in [4.69, 9.17) is 5.11 Å². The van der Waals surface area contributed by atoms with E-state index < -0.39 is 5.97 Å². The van der Waals surface area contributed by atoms with Crippen LogP contribution in [0.1, 0.15) is 12.0 Å². The average molecular weight is 319 g/mol. The summed E-state index contributed by atoms with van der Waals surface area (Å²) in [6, 6.07) is 3.56. The highest BCUT2D eigenvalue weighted by molar-refractivity contribution is 7.99. The maximum absolute atomic E-state index is 12.6. The summed E-state index contributed by atoms with van der Waals surface area (Å²) in [4.78, 5) is 32.6. The molecule has 0 bridgehead atoms. The summed E-state index contributed by atoms with van der Waals surface area (Å²) in [7, 11) is 0. The number of aromatic nitrogens is 2. The van der Waals surface area contributed by atoms with E-state index in [1.165, 1.54) is 0 Å². The van der Waals surface area contributed by atoms with Gasteiger partial charge in [0.1, 0.15) is 5.65 Å². The number of pyridine rings is 1. The quantitative estimate of drug-likeness (QED) is 0.892. The second kappa shape index (κ2) is 6.39. The van der Waals surface area contributed by atoms with Gasteiger partial charge in [0, 0.05) is 35.8 Å². The smallest absolute Gasteiger partial charge is 0.305 e. The van der Waals surface area contributed by atoms with Crippen molar-refractivity contribution in [3.05, 3.63) is 30.1 Å². The number of amides is 1. The molecule has 2 N–H and O–H groups in total. The topological polar surface area (TPSA) is 86.3 Å². The summed E-state index contributed by atoms with van der Waals surface area (Å²) in [5.74, 6) is 0.669. The van der Waals surface area contributed by atoms with Crippen molar-refractivity contribution < 1.29 is 14.7 Å². The van der Waals surface area contributed by atoms with Gasteiger partial charge in [-0.25, -0.2) is 4.98 Å². The van der Waals surface area contributed by atoms with Gasteiger partial charge in [-0.3, -0.25) is 9.59 Å². The Morgan fingerprint density at radius 3 is 3.18 bits per heavy atom. The van der Waals surface area contributed by atoms with E-state index in [0.717, 1.165) is 22.3 Å². The molecule has 0 aliphatic carbocycles. The third kappa shape index (κ3) is 3.09. The van der Waals surface area contributed by atoms with E-state index in [0.29, 0.717) is 12.3 Å². The largest absolute Gasteiger partial charge is 0.481 e. The molecule has 2 aromatic heterocycles. The van der Waals surface area contributed by atoms with Crippen molar-refractivity contribution in [1.82, 2.24) is 14.9 Å². The van der Waals surface area contributed by atoms with Gasteiger partial charge in [-0.05, 0) is 17.7 Å². The van der Waals surface area contributed by atoms with E-state index in [1.54, 1.807) is 29.1 Å². The number of nitrogens with zero attached hydrogens (tertiary/aromatic N) is 2. The molecule has 2 aromatic rings. The van der Waals surface area contributed by atoms with Crippen LogP contribution in [-0.2, 0) is 16.0 Å². The number of nitrogens with one attached hydrogen (secondary N) is 1. The van der Waals surface area contributed by atoms with E-state index >= 15 is 0 Å². The highest BCUT2D eigenvalue weighted by Crippen LogP contribution is 2.22. The fourth-order valence-corrected chi connectivity index (χ4v) is 3.84. The Balaban J connectivity index is 1.76. The number of thioether (sulfide) groups is 1. The van der Waals surface area contributed by atoms with Gasteiger partial charge in [0.2, 0.25) is 5.91 Å². The second-order valence-electron chi connectivity index (χ2n) is 5.30. The fraction of sp³-hybridized carbons (Fsp3) is 0.400. The summed E-state index contributed by atoms with van der Waals surface area (Å²) >= 11 is 1.70. The molecule has 0 spiro atoms. The molecule has 1 aliphatic heterocycles. The Hall–Kier alpha value is -2.02. The molecule has 1 fully saturated rings. The van der Waals surface area contributed by atoms with Crippen LogP contribution < -0.4 is 0 Å². The van der Waals surface area contributed by atoms with Gasteiger partial charge in [0.25, 0.3) is 0 Å². The molecule has 1 atom stereocenters. The monoisotopic (exact) mass is 319 g/mol. The molecular weight excluding hydrogens is 302 g/mol. The zero-order chi connectivity index (χ0) is 15.5. The predicted octanol–water partition coefficient (Wildman–Crippen LogP) is 1.52. The molecule has 3 heterocycles. The first kappa shape index (κ1) is 14.9. The van der Waals surface area contributed by atoms with Crippen molar-refractivity contribution in [1.29, 1.82) is 0 Å². The van der Waals surface area contributed by atoms with Gasteiger partial charge in [0.05, 0.1) is 18.9 Å². The first-order chi connectivity index (χ1) is 10.6. The second-order valence-corrected chi connectivity index (χ2v) is 6.45. The van der Waals surface area contributed by atoms with Crippen LogP contribution in [0, 0.1) is 0 Å². The van der Waals surface area contributed by atoms with E-state index in [2.05, 4.69) is 9.97 Å². The number of carboxylic acid groups (broad SMARTS) is 1. The van der Waals surface area contributed by atoms with Crippen LogP contribution in [0.25, 0.3) is 11.0 Å². The van der Waals surface area contributed by atoms with Gasteiger partial charge >= 0.3 is 5.97 Å². The maximum atomic E-state index is 12.6. The van der Waals surface area contributed by atoms with Crippen molar-refractivity contribution in [3.8, 4) is 0 Å². The van der Waals surface area contributed by atoms with Crippen molar-refractivity contribution in [2.45, 2.75) is 18.9 Å². The molecule has 1 amide bonds. The lowest BCUT2D eigenvalue weighted by Gasteiger charge is -2.34. The molecule has 3 rings (SSSR count). The highest BCUT2D eigenvalue weighted by Gasteiger charge is 2.29. The zero-order valence-electron chi connectivity index (χ0n) is 12.0. The van der Waals surface area contributed by atoms with E-state index in [-0.39, 0.29) is 24.8 Å². The zero-order valence-corrected chi connectivity index (χ0v) is 12.8. The van der Waals surface area contributed by atoms with Crippen LogP contribution in [0.5, 0.6) is 0 Å². The lowest BCUT2D eigenvalue weighted by molar-refractivity contribution is -0.140. The Kier molecular flexibility index (Phi) is 4.33. The van der Waals surface area contributed by atoms with Crippen molar-refractivity contribution in [2.75, 3.05) is 18.1 Å². The molecule has 116 valence electrons. The molecule has 1 saturated heterocycles. The first-order valence-electron chi connectivity index (χ1n) is 7.15. The van der Waals surface area contributed by atoms with Crippen LogP contribution in [-0.4, -0.2) is 55.9 Å². The van der Waals surface area contributed by atoms with Crippen molar-refractivity contribution >= 4 is 34.7 Å². The van der Waals surface area contributed by atoms with Gasteiger partial charge in [-0.15, -0.1) is 0 Å². The number of aromatic amines is 1. The summed E-state index contributed by atoms with van der Waals surface area (Å²) in [6.07, 6.45) is 3.79. The number of carbonyl (C=O) groups excluding carboxylic acids is 1. The fourth-order valence-electron chi connectivity index (χ4n) is 2.78. The Morgan fingerprint density at radius 1 is 1.50 bits per heavy atom. The standard InChI is InChI=1S/C15H17N3O3S/c19-13(18-4-5-22-9-11(18)7-14(20)21)6-10-8-17-15-12(10)2-1-3-16-15/h1-3,8,11H,4-7,9H2,(H,16,17)(H,20,21). The van der Waals surface area contributed by atoms with Crippen LogP contribution in [0.2, 0.25) is 0 Å². The normalized spacial score (nSPS) is 18.5. The highest BCUT2D eigenvalue weighted by atomic mass is 32.2. The lowest BCUT2D eigenvalue weighted by atomic mass is 10.1. The minimum atomic E-state index is -0.860. The summed E-state index contributed by atoms with van der Waals surface area (Å²) < 4.78 is 0. The van der Waals surface area contributed by atoms with E-state index in [9.17, 15) is 9.59 Å². The number of fused-ring (bicyclic) bond motifs is 1. The van der Waals surface area contributed by atoms with Crippen LogP contribution in [0.15, 0.2) is 24.5 Å². The molecule has 0 radical (unpaired) electrons. The third-order valence-electron chi connectivity index (χ3n) is 3.84. The maximum Gasteiger partial charge on any atom is 0.305 e. The molecule has 0 saturated carbocycles.